The molecule has 0 saturated heterocycles. The fraction of sp³-hybridized carbons (Fsp3) is 0. The maximum atomic E-state index is 10.2. The van der Waals surface area contributed by atoms with E-state index in [0.717, 1.165) is 0 Å². The number of halogens is 1. The molecule has 0 unspecified atom stereocenters. The monoisotopic (exact) mass is 212 g/mol. The van der Waals surface area contributed by atoms with Crippen molar-refractivity contribution >= 4 is 18.4 Å². The minimum absolute atomic E-state index is 0. The molecule has 0 atom stereocenters. The molecule has 0 radical (unpaired) electrons. The van der Waals surface area contributed by atoms with Crippen LogP contribution in [0.3, 0.4) is 0 Å². The van der Waals surface area contributed by atoms with Gasteiger partial charge in [0, 0.05) is 0 Å². The van der Waals surface area contributed by atoms with E-state index < -0.39 is 5.97 Å². The minimum Gasteiger partial charge on any atom is -0.508 e. The molecule has 13 heavy (non-hydrogen) atoms. The Bertz CT molecular complexity index is 248. The van der Waals surface area contributed by atoms with E-state index in [1.165, 1.54) is 24.3 Å². The summed E-state index contributed by atoms with van der Waals surface area (Å²) in [5.41, 5.74) is 0.179. The van der Waals surface area contributed by atoms with Crippen LogP contribution in [-0.4, -0.2) is 16.2 Å². The van der Waals surface area contributed by atoms with Crippen LogP contribution in [0.15, 0.2) is 24.3 Å². The number of rotatable bonds is 1. The molecule has 0 bridgehead atoms. The summed E-state index contributed by atoms with van der Waals surface area (Å²) < 4.78 is 0. The van der Waals surface area contributed by atoms with E-state index in [4.69, 9.17) is 10.2 Å². The first-order valence-electron chi connectivity index (χ1n) is 2.72. The van der Waals surface area contributed by atoms with Gasteiger partial charge in [0.2, 0.25) is 0 Å². The second kappa shape index (κ2) is 8.38. The van der Waals surface area contributed by atoms with Crippen LogP contribution in [0, 0.1) is 7.43 Å². The number of aromatic hydroxyl groups is 1. The van der Waals surface area contributed by atoms with E-state index in [1.54, 1.807) is 0 Å². The Morgan fingerprint density at radius 1 is 1.15 bits per heavy atom. The number of carbonyl (C=O) groups is 1. The fourth-order valence-corrected chi connectivity index (χ4v) is 0.604. The smallest absolute Gasteiger partial charge is 0.508 e. The largest absolute Gasteiger partial charge is 1.00 e. The SMILES string of the molecule is Cl.O=C(O)c1ccc(O)cc1.[CH3-].[Na+]. The normalized spacial score (nSPS) is 7.08. The molecule has 0 amide bonds. The summed E-state index contributed by atoms with van der Waals surface area (Å²) in [6.45, 7) is 0. The Balaban J connectivity index is -0.000000333. The molecule has 0 saturated carbocycles. The van der Waals surface area contributed by atoms with Gasteiger partial charge in [-0.3, -0.25) is 0 Å². The zero-order valence-electron chi connectivity index (χ0n) is 7.52. The summed E-state index contributed by atoms with van der Waals surface area (Å²) in [4.78, 5) is 10.2. The quantitative estimate of drug-likeness (QED) is 0.462. The second-order valence-corrected chi connectivity index (χ2v) is 1.85. The molecule has 0 aliphatic heterocycles. The Morgan fingerprint density at radius 3 is 1.85 bits per heavy atom. The van der Waals surface area contributed by atoms with Gasteiger partial charge >= 0.3 is 35.5 Å². The fourth-order valence-electron chi connectivity index (χ4n) is 0.604. The van der Waals surface area contributed by atoms with Crippen molar-refractivity contribution in [3.05, 3.63) is 37.3 Å². The minimum atomic E-state index is -0.986. The van der Waals surface area contributed by atoms with Crippen LogP contribution >= 0.6 is 12.4 Å². The second-order valence-electron chi connectivity index (χ2n) is 1.85. The summed E-state index contributed by atoms with van der Waals surface area (Å²) in [5, 5.41) is 17.1. The number of benzene rings is 1. The zero-order chi connectivity index (χ0) is 7.56. The maximum Gasteiger partial charge on any atom is 1.00 e. The van der Waals surface area contributed by atoms with E-state index >= 15 is 0 Å². The molecule has 1 aromatic rings. The summed E-state index contributed by atoms with van der Waals surface area (Å²) in [6, 6.07) is 5.36. The van der Waals surface area contributed by atoms with Crippen molar-refractivity contribution in [3.8, 4) is 5.75 Å². The maximum absolute atomic E-state index is 10.2. The molecule has 0 aliphatic rings. The molecule has 0 fully saturated rings. The number of phenolic OH excluding ortho intramolecular Hbond substituents is 1. The van der Waals surface area contributed by atoms with Gasteiger partial charge in [0.15, 0.2) is 0 Å². The van der Waals surface area contributed by atoms with Crippen LogP contribution in [-0.2, 0) is 0 Å². The average Bonchev–Trinajstić information content (AvgIpc) is 1.88. The van der Waals surface area contributed by atoms with E-state index in [9.17, 15) is 4.79 Å². The number of carboxylic acids is 1. The first-order chi connectivity index (χ1) is 4.70. The summed E-state index contributed by atoms with van der Waals surface area (Å²) >= 11 is 0. The molecule has 3 nitrogen and oxygen atoms in total. The number of aromatic carboxylic acids is 1. The van der Waals surface area contributed by atoms with E-state index in [0.29, 0.717) is 0 Å². The molecule has 1 rings (SSSR count). The zero-order valence-corrected chi connectivity index (χ0v) is 10.3. The topological polar surface area (TPSA) is 57.5 Å². The van der Waals surface area contributed by atoms with Crippen molar-refractivity contribution in [2.75, 3.05) is 0 Å². The van der Waals surface area contributed by atoms with Gasteiger partial charge in [0.25, 0.3) is 0 Å². The summed E-state index contributed by atoms with van der Waals surface area (Å²) in [5.74, 6) is -0.912. The molecule has 5 heteroatoms. The van der Waals surface area contributed by atoms with Crippen LogP contribution in [0.1, 0.15) is 10.4 Å². The van der Waals surface area contributed by atoms with Gasteiger partial charge < -0.3 is 17.6 Å². The standard InChI is InChI=1S/C7H6O3.CH3.ClH.Na/c8-6-3-1-5(2-4-6)7(9)10;;;/h1-4,8H,(H,9,10);1H3;1H;/q;-1;;+1. The third-order valence-corrected chi connectivity index (χ3v) is 1.11. The molecule has 68 valence electrons. The van der Waals surface area contributed by atoms with E-state index in [2.05, 4.69) is 0 Å². The van der Waals surface area contributed by atoms with Gasteiger partial charge in [-0.1, -0.05) is 0 Å². The van der Waals surface area contributed by atoms with E-state index in [-0.39, 0.29) is 60.7 Å². The first-order valence-corrected chi connectivity index (χ1v) is 2.72. The van der Waals surface area contributed by atoms with Crippen molar-refractivity contribution in [1.82, 2.24) is 0 Å². The number of hydrogen-bond acceptors (Lipinski definition) is 2. The van der Waals surface area contributed by atoms with Crippen molar-refractivity contribution in [2.24, 2.45) is 0 Å². The summed E-state index contributed by atoms with van der Waals surface area (Å²) in [7, 11) is 0. The summed E-state index contributed by atoms with van der Waals surface area (Å²) in [6.07, 6.45) is 0. The van der Waals surface area contributed by atoms with Crippen LogP contribution in [0.5, 0.6) is 5.75 Å². The molecule has 0 aliphatic carbocycles. The molecular weight excluding hydrogens is 203 g/mol. The van der Waals surface area contributed by atoms with Crippen molar-refractivity contribution < 1.29 is 44.6 Å². The van der Waals surface area contributed by atoms with Crippen LogP contribution in [0.4, 0.5) is 0 Å². The number of hydrogen-bond donors (Lipinski definition) is 2. The molecule has 0 spiro atoms. The van der Waals surface area contributed by atoms with Gasteiger partial charge in [-0.05, 0) is 24.3 Å². The Labute approximate surface area is 105 Å². The van der Waals surface area contributed by atoms with Crippen LogP contribution < -0.4 is 29.6 Å². The van der Waals surface area contributed by atoms with Crippen LogP contribution in [0.25, 0.3) is 0 Å². The van der Waals surface area contributed by atoms with E-state index in [1.807, 2.05) is 0 Å². The van der Waals surface area contributed by atoms with Gasteiger partial charge in [-0.25, -0.2) is 4.79 Å². The Hall–Kier alpha value is -0.220. The van der Waals surface area contributed by atoms with Gasteiger partial charge in [0.05, 0.1) is 5.56 Å². The third kappa shape index (κ3) is 5.93. The predicted octanol–water partition coefficient (Wildman–Crippen LogP) is -1.03. The molecule has 0 aromatic heterocycles. The third-order valence-electron chi connectivity index (χ3n) is 1.11. The number of carboxylic acid groups (broad SMARTS) is 1. The van der Waals surface area contributed by atoms with Gasteiger partial charge in [0.1, 0.15) is 5.75 Å². The molecule has 0 heterocycles. The van der Waals surface area contributed by atoms with Crippen molar-refractivity contribution in [2.45, 2.75) is 0 Å². The average molecular weight is 213 g/mol. The first kappa shape index (κ1) is 18.5. The van der Waals surface area contributed by atoms with Crippen molar-refractivity contribution in [3.63, 3.8) is 0 Å². The Morgan fingerprint density at radius 2 is 1.54 bits per heavy atom. The van der Waals surface area contributed by atoms with Gasteiger partial charge in [-0.2, -0.15) is 0 Å². The molecule has 1 aromatic carbocycles. The van der Waals surface area contributed by atoms with Crippen LogP contribution in [0.2, 0.25) is 0 Å². The Kier molecular flexibility index (Phi) is 12.0. The number of phenols is 1. The molecular formula is C8H10ClNaO3. The molecule has 2 N–H and O–H groups in total. The van der Waals surface area contributed by atoms with Crippen molar-refractivity contribution in [1.29, 1.82) is 0 Å². The predicted molar refractivity (Wildman–Crippen MR) is 48.7 cm³/mol. The van der Waals surface area contributed by atoms with Gasteiger partial charge in [-0.15, -0.1) is 12.4 Å².